The van der Waals surface area contributed by atoms with E-state index < -0.39 is 18.0 Å². The van der Waals surface area contributed by atoms with E-state index in [4.69, 9.17) is 4.74 Å². The normalized spacial score (nSPS) is 13.2. The highest BCUT2D eigenvalue weighted by Crippen LogP contribution is 2.22. The molecule has 3 aromatic rings. The molecule has 0 aliphatic rings. The molecule has 0 aliphatic carbocycles. The Kier molecular flexibility index (Phi) is 10.9. The van der Waals surface area contributed by atoms with Gasteiger partial charge in [-0.2, -0.15) is 0 Å². The molecule has 3 rings (SSSR count). The topological polar surface area (TPSA) is 101 Å². The van der Waals surface area contributed by atoms with E-state index in [0.29, 0.717) is 38.2 Å². The van der Waals surface area contributed by atoms with Gasteiger partial charge >= 0.3 is 0 Å². The fourth-order valence-electron chi connectivity index (χ4n) is 3.96. The molecule has 3 atom stereocenters. The van der Waals surface area contributed by atoms with Crippen LogP contribution in [0.1, 0.15) is 54.3 Å². The Hall–Kier alpha value is -3.91. The SMILES string of the molecule is CCC(C)C(NC(=O)c1cnccn1)C(=O)N(CCCOCc1ccccc1)C(C=O)c1ccccc1. The number of aldehydes is 1. The number of carbonyl (C=O) groups is 3. The molecule has 2 amide bonds. The summed E-state index contributed by atoms with van der Waals surface area (Å²) >= 11 is 0. The average Bonchev–Trinajstić information content (AvgIpc) is 2.95. The van der Waals surface area contributed by atoms with E-state index in [1.807, 2.05) is 74.5 Å². The average molecular weight is 503 g/mol. The van der Waals surface area contributed by atoms with Crippen LogP contribution in [0.3, 0.4) is 0 Å². The maximum Gasteiger partial charge on any atom is 0.272 e. The summed E-state index contributed by atoms with van der Waals surface area (Å²) in [5.74, 6) is -0.983. The number of hydrogen-bond donors (Lipinski definition) is 1. The number of benzene rings is 2. The van der Waals surface area contributed by atoms with Crippen molar-refractivity contribution in [3.8, 4) is 0 Å². The predicted octanol–water partition coefficient (Wildman–Crippen LogP) is 4.00. The minimum Gasteiger partial charge on any atom is -0.377 e. The lowest BCUT2D eigenvalue weighted by Gasteiger charge is -2.34. The van der Waals surface area contributed by atoms with Gasteiger partial charge in [0.25, 0.3) is 5.91 Å². The molecule has 8 heteroatoms. The molecule has 194 valence electrons. The van der Waals surface area contributed by atoms with Crippen LogP contribution in [0.15, 0.2) is 79.3 Å². The van der Waals surface area contributed by atoms with Gasteiger partial charge in [-0.1, -0.05) is 80.9 Å². The molecule has 0 saturated carbocycles. The number of aromatic nitrogens is 2. The summed E-state index contributed by atoms with van der Waals surface area (Å²) in [5.41, 5.74) is 1.90. The number of hydrogen-bond acceptors (Lipinski definition) is 6. The van der Waals surface area contributed by atoms with Crippen molar-refractivity contribution < 1.29 is 19.1 Å². The Morgan fingerprint density at radius 1 is 1.05 bits per heavy atom. The minimum atomic E-state index is -0.837. The number of amides is 2. The van der Waals surface area contributed by atoms with Crippen molar-refractivity contribution in [2.24, 2.45) is 5.92 Å². The molecular weight excluding hydrogens is 468 g/mol. The van der Waals surface area contributed by atoms with Crippen LogP contribution in [0.4, 0.5) is 0 Å². The van der Waals surface area contributed by atoms with Crippen LogP contribution in [-0.4, -0.2) is 52.2 Å². The number of nitrogens with zero attached hydrogens (tertiary/aromatic N) is 3. The first kappa shape index (κ1) is 27.7. The summed E-state index contributed by atoms with van der Waals surface area (Å²) in [6, 6.07) is 17.4. The molecule has 1 aromatic heterocycles. The second-order valence-corrected chi connectivity index (χ2v) is 8.84. The van der Waals surface area contributed by atoms with Crippen molar-refractivity contribution >= 4 is 18.1 Å². The Morgan fingerprint density at radius 3 is 2.38 bits per heavy atom. The zero-order valence-electron chi connectivity index (χ0n) is 21.3. The number of carbonyl (C=O) groups excluding carboxylic acids is 3. The van der Waals surface area contributed by atoms with Crippen molar-refractivity contribution in [1.82, 2.24) is 20.2 Å². The highest BCUT2D eigenvalue weighted by atomic mass is 16.5. The zero-order valence-corrected chi connectivity index (χ0v) is 21.3. The summed E-state index contributed by atoms with van der Waals surface area (Å²) in [4.78, 5) is 48.6. The molecule has 0 bridgehead atoms. The molecule has 1 heterocycles. The maximum atomic E-state index is 13.9. The van der Waals surface area contributed by atoms with Gasteiger partial charge in [-0.25, -0.2) is 4.98 Å². The van der Waals surface area contributed by atoms with Crippen LogP contribution >= 0.6 is 0 Å². The molecule has 0 saturated heterocycles. The zero-order chi connectivity index (χ0) is 26.5. The monoisotopic (exact) mass is 502 g/mol. The molecule has 0 radical (unpaired) electrons. The predicted molar refractivity (Wildman–Crippen MR) is 140 cm³/mol. The summed E-state index contributed by atoms with van der Waals surface area (Å²) in [6.07, 6.45) is 6.21. The van der Waals surface area contributed by atoms with E-state index in [-0.39, 0.29) is 17.5 Å². The lowest BCUT2D eigenvalue weighted by Crippen LogP contribution is -2.53. The van der Waals surface area contributed by atoms with Gasteiger partial charge in [0.15, 0.2) is 0 Å². The molecule has 8 nitrogen and oxygen atoms in total. The van der Waals surface area contributed by atoms with Gasteiger partial charge in [0, 0.05) is 25.5 Å². The molecule has 1 N–H and O–H groups in total. The summed E-state index contributed by atoms with van der Waals surface area (Å²) < 4.78 is 5.81. The van der Waals surface area contributed by atoms with E-state index in [1.54, 1.807) is 4.90 Å². The molecule has 0 aliphatic heterocycles. The van der Waals surface area contributed by atoms with Crippen LogP contribution in [0, 0.1) is 5.92 Å². The van der Waals surface area contributed by atoms with Gasteiger partial charge in [0.2, 0.25) is 5.91 Å². The Morgan fingerprint density at radius 2 is 1.76 bits per heavy atom. The maximum absolute atomic E-state index is 13.9. The number of ether oxygens (including phenoxy) is 1. The van der Waals surface area contributed by atoms with E-state index in [0.717, 1.165) is 11.8 Å². The van der Waals surface area contributed by atoms with E-state index in [2.05, 4.69) is 15.3 Å². The van der Waals surface area contributed by atoms with Crippen molar-refractivity contribution in [2.75, 3.05) is 13.2 Å². The first-order chi connectivity index (χ1) is 18.0. The van der Waals surface area contributed by atoms with Crippen molar-refractivity contribution in [3.63, 3.8) is 0 Å². The number of nitrogens with one attached hydrogen (secondary N) is 1. The molecule has 0 fully saturated rings. The molecule has 0 spiro atoms. The van der Waals surface area contributed by atoms with E-state index >= 15 is 0 Å². The third-order valence-electron chi connectivity index (χ3n) is 6.25. The summed E-state index contributed by atoms with van der Waals surface area (Å²) in [6.45, 7) is 5.03. The Balaban J connectivity index is 1.78. The van der Waals surface area contributed by atoms with Crippen LogP contribution in [-0.2, 0) is 20.9 Å². The quantitative estimate of drug-likeness (QED) is 0.264. The van der Waals surface area contributed by atoms with Crippen molar-refractivity contribution in [2.45, 2.75) is 45.4 Å². The standard InChI is InChI=1S/C29H34N4O4/c1-3-22(2)27(32-28(35)25-19-30-15-16-31-25)29(36)33(26(20-34)24-13-8-5-9-14-24)17-10-18-37-21-23-11-6-4-7-12-23/h4-9,11-16,19-20,22,26-27H,3,10,17-18,21H2,1-2H3,(H,32,35). The van der Waals surface area contributed by atoms with E-state index in [1.165, 1.54) is 18.6 Å². The Bertz CT molecular complexity index is 1110. The molecule has 37 heavy (non-hydrogen) atoms. The van der Waals surface area contributed by atoms with Crippen LogP contribution in [0.5, 0.6) is 0 Å². The van der Waals surface area contributed by atoms with Crippen molar-refractivity contribution in [3.05, 3.63) is 96.1 Å². The second kappa shape index (κ2) is 14.6. The minimum absolute atomic E-state index is 0.125. The third-order valence-corrected chi connectivity index (χ3v) is 6.25. The largest absolute Gasteiger partial charge is 0.377 e. The molecule has 3 unspecified atom stereocenters. The summed E-state index contributed by atoms with van der Waals surface area (Å²) in [7, 11) is 0. The number of rotatable bonds is 14. The van der Waals surface area contributed by atoms with Crippen LogP contribution < -0.4 is 5.32 Å². The van der Waals surface area contributed by atoms with Crippen molar-refractivity contribution in [1.29, 1.82) is 0 Å². The Labute approximate surface area is 218 Å². The first-order valence-electron chi connectivity index (χ1n) is 12.5. The summed E-state index contributed by atoms with van der Waals surface area (Å²) in [5, 5.41) is 2.84. The van der Waals surface area contributed by atoms with Gasteiger partial charge in [-0.05, 0) is 23.5 Å². The fourth-order valence-corrected chi connectivity index (χ4v) is 3.96. The lowest BCUT2D eigenvalue weighted by molar-refractivity contribution is -0.139. The van der Waals surface area contributed by atoms with E-state index in [9.17, 15) is 14.4 Å². The fraction of sp³-hybridized carbons (Fsp3) is 0.345. The smallest absolute Gasteiger partial charge is 0.272 e. The molecule has 2 aromatic carbocycles. The lowest BCUT2D eigenvalue weighted by atomic mass is 9.96. The van der Waals surface area contributed by atoms with Gasteiger partial charge in [-0.15, -0.1) is 0 Å². The first-order valence-corrected chi connectivity index (χ1v) is 12.5. The van der Waals surface area contributed by atoms with Crippen LogP contribution in [0.2, 0.25) is 0 Å². The second-order valence-electron chi connectivity index (χ2n) is 8.84. The van der Waals surface area contributed by atoms with Gasteiger partial charge in [-0.3, -0.25) is 14.6 Å². The third kappa shape index (κ3) is 8.05. The van der Waals surface area contributed by atoms with Gasteiger partial charge < -0.3 is 19.7 Å². The van der Waals surface area contributed by atoms with Crippen LogP contribution in [0.25, 0.3) is 0 Å². The van der Waals surface area contributed by atoms with Gasteiger partial charge in [0.1, 0.15) is 24.1 Å². The highest BCUT2D eigenvalue weighted by Gasteiger charge is 2.34. The highest BCUT2D eigenvalue weighted by molar-refractivity contribution is 5.96. The van der Waals surface area contributed by atoms with Gasteiger partial charge in [0.05, 0.1) is 12.8 Å². The molecular formula is C29H34N4O4.